The number of benzene rings is 1. The molecule has 9 heteroatoms. The molecular weight excluding hydrogens is 342 g/mol. The van der Waals surface area contributed by atoms with Crippen molar-refractivity contribution in [1.29, 1.82) is 0 Å². The quantitative estimate of drug-likeness (QED) is 0.560. The average Bonchev–Trinajstić information content (AvgIpc) is 2.34. The molecule has 7 nitrogen and oxygen atoms in total. The molecule has 0 saturated heterocycles. The average molecular weight is 354 g/mol. The highest BCUT2D eigenvalue weighted by Crippen LogP contribution is 2.23. The number of sulfonamides is 1. The van der Waals surface area contributed by atoms with E-state index >= 15 is 0 Å². The highest BCUT2D eigenvalue weighted by molar-refractivity contribution is 9.10. The maximum absolute atomic E-state index is 11.9. The Labute approximate surface area is 118 Å². The number of carbonyl (C=O) groups is 1. The van der Waals surface area contributed by atoms with Crippen LogP contribution in [0, 0.1) is 0 Å². The van der Waals surface area contributed by atoms with Crippen molar-refractivity contribution in [3.8, 4) is 0 Å². The van der Waals surface area contributed by atoms with Gasteiger partial charge in [0, 0.05) is 11.6 Å². The minimum Gasteiger partial charge on any atom is -0.478 e. The van der Waals surface area contributed by atoms with Crippen LogP contribution in [0.2, 0.25) is 0 Å². The maximum Gasteiger partial charge on any atom is 0.335 e. The van der Waals surface area contributed by atoms with Gasteiger partial charge in [-0.3, -0.25) is 4.84 Å². The molecule has 1 aromatic carbocycles. The molecule has 1 rings (SSSR count). The summed E-state index contributed by atoms with van der Waals surface area (Å²) in [7, 11) is -2.52. The van der Waals surface area contributed by atoms with Gasteiger partial charge in [0.05, 0.1) is 23.7 Å². The molecule has 19 heavy (non-hydrogen) atoms. The first-order chi connectivity index (χ1) is 8.88. The zero-order valence-electron chi connectivity index (χ0n) is 9.92. The fraction of sp³-hybridized carbons (Fsp3) is 0.300. The predicted molar refractivity (Wildman–Crippen MR) is 69.3 cm³/mol. The van der Waals surface area contributed by atoms with Gasteiger partial charge in [-0.25, -0.2) is 13.2 Å². The Morgan fingerprint density at radius 2 is 2.11 bits per heavy atom. The lowest BCUT2D eigenvalue weighted by molar-refractivity contribution is 0.0438. The van der Waals surface area contributed by atoms with Gasteiger partial charge in [0.25, 0.3) is 10.0 Å². The topological polar surface area (TPSA) is 102 Å². The Hall–Kier alpha value is -1.00. The molecule has 0 unspecified atom stereocenters. The van der Waals surface area contributed by atoms with Crippen molar-refractivity contribution in [2.75, 3.05) is 20.3 Å². The molecule has 106 valence electrons. The number of carboxylic acids is 1. The van der Waals surface area contributed by atoms with Crippen molar-refractivity contribution >= 4 is 31.9 Å². The van der Waals surface area contributed by atoms with Crippen molar-refractivity contribution in [3.63, 3.8) is 0 Å². The zero-order valence-corrected chi connectivity index (χ0v) is 12.3. The minimum atomic E-state index is -3.97. The van der Waals surface area contributed by atoms with Crippen LogP contribution in [0.1, 0.15) is 10.4 Å². The third-order valence-electron chi connectivity index (χ3n) is 2.03. The Bertz CT molecular complexity index is 559. The summed E-state index contributed by atoms with van der Waals surface area (Å²) in [5.41, 5.74) is -0.138. The van der Waals surface area contributed by atoms with Crippen LogP contribution in [0.15, 0.2) is 27.6 Å². The van der Waals surface area contributed by atoms with Gasteiger partial charge in [0.1, 0.15) is 0 Å². The van der Waals surface area contributed by atoms with Crippen LogP contribution in [0.25, 0.3) is 0 Å². The molecule has 0 bridgehead atoms. The van der Waals surface area contributed by atoms with E-state index in [4.69, 9.17) is 9.94 Å². The molecule has 0 saturated carbocycles. The summed E-state index contributed by atoms with van der Waals surface area (Å²) in [6.45, 7) is 0.255. The first kappa shape index (κ1) is 16.1. The van der Waals surface area contributed by atoms with Crippen molar-refractivity contribution in [2.24, 2.45) is 0 Å². The molecule has 0 spiro atoms. The van der Waals surface area contributed by atoms with Gasteiger partial charge in [-0.2, -0.15) is 0 Å². The van der Waals surface area contributed by atoms with Crippen LogP contribution in [0.3, 0.4) is 0 Å². The second-order valence-corrected chi connectivity index (χ2v) is 5.85. The highest BCUT2D eigenvalue weighted by atomic mass is 79.9. The summed E-state index contributed by atoms with van der Waals surface area (Å²) in [6, 6.07) is 3.67. The van der Waals surface area contributed by atoms with Crippen molar-refractivity contribution in [1.82, 2.24) is 4.89 Å². The standard InChI is InChI=1S/C10H12BrNO6S/c1-17-4-5-18-12-19(15,16)9-6-7(10(13)14)2-3-8(9)11/h2-3,6,12H,4-5H2,1H3,(H,13,14). The third kappa shape index (κ3) is 4.55. The lowest BCUT2D eigenvalue weighted by Gasteiger charge is -2.09. The summed E-state index contributed by atoms with van der Waals surface area (Å²) in [5.74, 6) is -1.22. The number of halogens is 1. The van der Waals surface area contributed by atoms with Crippen LogP contribution in [0.5, 0.6) is 0 Å². The summed E-state index contributed by atoms with van der Waals surface area (Å²) in [6.07, 6.45) is 0. The number of carboxylic acid groups (broad SMARTS) is 1. The van der Waals surface area contributed by atoms with Gasteiger partial charge in [-0.1, -0.05) is 4.89 Å². The summed E-state index contributed by atoms with van der Waals surface area (Å²) < 4.78 is 28.7. The van der Waals surface area contributed by atoms with E-state index in [0.717, 1.165) is 6.07 Å². The molecule has 0 fully saturated rings. The van der Waals surface area contributed by atoms with E-state index in [2.05, 4.69) is 20.7 Å². The largest absolute Gasteiger partial charge is 0.478 e. The van der Waals surface area contributed by atoms with Crippen LogP contribution in [0.4, 0.5) is 0 Å². The number of methoxy groups -OCH3 is 1. The number of hydrogen-bond donors (Lipinski definition) is 2. The fourth-order valence-electron chi connectivity index (χ4n) is 1.13. The predicted octanol–water partition coefficient (Wildman–Crippen LogP) is 1.00. The summed E-state index contributed by atoms with van der Waals surface area (Å²) in [5, 5.41) is 8.83. The monoisotopic (exact) mass is 353 g/mol. The molecule has 0 aliphatic rings. The molecule has 0 amide bonds. The number of hydrogen-bond acceptors (Lipinski definition) is 5. The van der Waals surface area contributed by atoms with Crippen LogP contribution in [-0.2, 0) is 19.6 Å². The smallest absolute Gasteiger partial charge is 0.335 e. The molecule has 0 aliphatic heterocycles. The third-order valence-corrected chi connectivity index (χ3v) is 4.23. The first-order valence-electron chi connectivity index (χ1n) is 5.04. The van der Waals surface area contributed by atoms with Gasteiger partial charge >= 0.3 is 5.97 Å². The minimum absolute atomic E-state index is 0.0337. The second-order valence-electron chi connectivity index (χ2n) is 3.38. The lowest BCUT2D eigenvalue weighted by Crippen LogP contribution is -2.26. The first-order valence-corrected chi connectivity index (χ1v) is 7.31. The molecular formula is C10H12BrNO6S. The number of aromatic carboxylic acids is 1. The van der Waals surface area contributed by atoms with E-state index in [1.807, 2.05) is 4.89 Å². The molecule has 0 radical (unpaired) electrons. The van der Waals surface area contributed by atoms with Gasteiger partial charge < -0.3 is 9.84 Å². The Morgan fingerprint density at radius 3 is 2.68 bits per heavy atom. The molecule has 1 aromatic rings. The Kier molecular flexibility index (Phi) is 5.88. The Morgan fingerprint density at radius 1 is 1.42 bits per heavy atom. The number of nitrogens with one attached hydrogen (secondary N) is 1. The second kappa shape index (κ2) is 6.96. The number of ether oxygens (including phenoxy) is 1. The van der Waals surface area contributed by atoms with Gasteiger partial charge in [0.2, 0.25) is 0 Å². The van der Waals surface area contributed by atoms with Gasteiger partial charge in [0.15, 0.2) is 0 Å². The van der Waals surface area contributed by atoms with Gasteiger partial charge in [-0.15, -0.1) is 0 Å². The fourth-order valence-corrected chi connectivity index (χ4v) is 2.95. The van der Waals surface area contributed by atoms with Gasteiger partial charge in [-0.05, 0) is 34.1 Å². The molecule has 2 N–H and O–H groups in total. The van der Waals surface area contributed by atoms with Crippen molar-refractivity contribution < 1.29 is 27.9 Å². The van der Waals surface area contributed by atoms with Crippen molar-refractivity contribution in [2.45, 2.75) is 4.90 Å². The molecule has 0 aliphatic carbocycles. The maximum atomic E-state index is 11.9. The van der Waals surface area contributed by atoms with Crippen molar-refractivity contribution in [3.05, 3.63) is 28.2 Å². The van der Waals surface area contributed by atoms with Crippen LogP contribution >= 0.6 is 15.9 Å². The SMILES string of the molecule is COCCONS(=O)(=O)c1cc(C(=O)O)ccc1Br. The number of rotatable bonds is 7. The van der Waals surface area contributed by atoms with Crippen LogP contribution < -0.4 is 4.89 Å². The summed E-state index contributed by atoms with van der Waals surface area (Å²) in [4.78, 5) is 17.2. The molecule has 0 atom stereocenters. The highest BCUT2D eigenvalue weighted by Gasteiger charge is 2.20. The van der Waals surface area contributed by atoms with E-state index in [1.54, 1.807) is 0 Å². The van der Waals surface area contributed by atoms with E-state index < -0.39 is 16.0 Å². The van der Waals surface area contributed by atoms with Crippen LogP contribution in [-0.4, -0.2) is 39.8 Å². The lowest BCUT2D eigenvalue weighted by atomic mass is 10.2. The van der Waals surface area contributed by atoms with E-state index in [0.29, 0.717) is 0 Å². The molecule has 0 heterocycles. The van der Waals surface area contributed by atoms with E-state index in [-0.39, 0.29) is 28.1 Å². The Balaban J connectivity index is 2.94. The summed E-state index contributed by atoms with van der Waals surface area (Å²) >= 11 is 3.05. The normalized spacial score (nSPS) is 11.5. The molecule has 0 aromatic heterocycles. The zero-order chi connectivity index (χ0) is 14.5. The van der Waals surface area contributed by atoms with E-state index in [9.17, 15) is 13.2 Å². The van der Waals surface area contributed by atoms with E-state index in [1.165, 1.54) is 19.2 Å².